The Morgan fingerprint density at radius 1 is 1.32 bits per heavy atom. The van der Waals surface area contributed by atoms with Gasteiger partial charge < -0.3 is 19.0 Å². The average Bonchev–Trinajstić information content (AvgIpc) is 3.07. The van der Waals surface area contributed by atoms with E-state index in [-0.39, 0.29) is 12.0 Å². The third-order valence-corrected chi connectivity index (χ3v) is 3.86. The fourth-order valence-corrected chi connectivity index (χ4v) is 2.75. The van der Waals surface area contributed by atoms with Gasteiger partial charge in [0.05, 0.1) is 25.0 Å². The molecule has 1 aliphatic heterocycles. The van der Waals surface area contributed by atoms with Crippen molar-refractivity contribution in [2.45, 2.75) is 13.0 Å². The van der Waals surface area contributed by atoms with Crippen molar-refractivity contribution in [3.63, 3.8) is 0 Å². The highest BCUT2D eigenvalue weighted by atomic mass is 16.5. The topological polar surface area (TPSA) is 45.9 Å². The number of nitrogens with zero attached hydrogens (tertiary/aromatic N) is 2. The van der Waals surface area contributed by atoms with E-state index in [2.05, 4.69) is 17.9 Å². The van der Waals surface area contributed by atoms with E-state index in [1.807, 2.05) is 18.2 Å². The lowest BCUT2D eigenvalue weighted by atomic mass is 10.2. The maximum atomic E-state index is 12.2. The number of furan rings is 1. The van der Waals surface area contributed by atoms with E-state index < -0.39 is 0 Å². The number of likely N-dealkylation sites (N-methyl/N-ethyl adjacent to an activating group) is 2. The molecule has 2 heterocycles. The second-order valence-corrected chi connectivity index (χ2v) is 5.41. The summed E-state index contributed by atoms with van der Waals surface area (Å²) < 4.78 is 11.2. The standard InChI is InChI=1S/C17H20N2O3/c1-3-19-12-13(22-15-8-5-4-7-14(15)19)11-18(2)17(20)16-9-6-10-21-16/h4-10,13H,3,11-12H2,1-2H3/t13-/m0/s1. The molecule has 1 aliphatic rings. The van der Waals surface area contributed by atoms with Gasteiger partial charge in [0.2, 0.25) is 0 Å². The van der Waals surface area contributed by atoms with Crippen LogP contribution in [0.1, 0.15) is 17.5 Å². The summed E-state index contributed by atoms with van der Waals surface area (Å²) in [5.74, 6) is 1.10. The van der Waals surface area contributed by atoms with E-state index in [4.69, 9.17) is 9.15 Å². The van der Waals surface area contributed by atoms with E-state index in [0.29, 0.717) is 12.3 Å². The van der Waals surface area contributed by atoms with E-state index >= 15 is 0 Å². The van der Waals surface area contributed by atoms with Gasteiger partial charge in [-0.15, -0.1) is 0 Å². The highest BCUT2D eigenvalue weighted by Gasteiger charge is 2.27. The monoisotopic (exact) mass is 300 g/mol. The zero-order chi connectivity index (χ0) is 15.5. The molecule has 1 aromatic heterocycles. The van der Waals surface area contributed by atoms with Crippen LogP contribution in [0, 0.1) is 0 Å². The Labute approximate surface area is 130 Å². The normalized spacial score (nSPS) is 16.8. The number of anilines is 1. The maximum Gasteiger partial charge on any atom is 0.289 e. The van der Waals surface area contributed by atoms with Gasteiger partial charge in [-0.25, -0.2) is 0 Å². The lowest BCUT2D eigenvalue weighted by Gasteiger charge is -2.37. The van der Waals surface area contributed by atoms with Crippen molar-refractivity contribution in [2.75, 3.05) is 31.6 Å². The van der Waals surface area contributed by atoms with Crippen molar-refractivity contribution in [3.8, 4) is 5.75 Å². The minimum absolute atomic E-state index is 0.0567. The molecule has 0 fully saturated rings. The molecule has 0 unspecified atom stereocenters. The number of para-hydroxylation sites is 2. The number of rotatable bonds is 4. The van der Waals surface area contributed by atoms with E-state index in [0.717, 1.165) is 24.5 Å². The van der Waals surface area contributed by atoms with Crippen LogP contribution in [0.25, 0.3) is 0 Å². The molecule has 22 heavy (non-hydrogen) atoms. The average molecular weight is 300 g/mol. The van der Waals surface area contributed by atoms with Crippen molar-refractivity contribution < 1.29 is 13.9 Å². The van der Waals surface area contributed by atoms with Crippen LogP contribution in [0.4, 0.5) is 5.69 Å². The predicted octanol–water partition coefficient (Wildman–Crippen LogP) is 2.64. The minimum Gasteiger partial charge on any atom is -0.485 e. The molecule has 5 nitrogen and oxygen atoms in total. The molecule has 0 saturated carbocycles. The summed E-state index contributed by atoms with van der Waals surface area (Å²) in [6.45, 7) is 4.32. The smallest absolute Gasteiger partial charge is 0.289 e. The first-order chi connectivity index (χ1) is 10.7. The molecule has 0 N–H and O–H groups in total. The Morgan fingerprint density at radius 3 is 2.86 bits per heavy atom. The second-order valence-electron chi connectivity index (χ2n) is 5.41. The van der Waals surface area contributed by atoms with Crippen LogP contribution in [0.5, 0.6) is 5.75 Å². The second kappa shape index (κ2) is 6.13. The summed E-state index contributed by atoms with van der Waals surface area (Å²) in [7, 11) is 1.77. The summed E-state index contributed by atoms with van der Waals surface area (Å²) in [6, 6.07) is 11.4. The summed E-state index contributed by atoms with van der Waals surface area (Å²) in [6.07, 6.45) is 1.45. The van der Waals surface area contributed by atoms with Gasteiger partial charge in [-0.2, -0.15) is 0 Å². The lowest BCUT2D eigenvalue weighted by molar-refractivity contribution is 0.0679. The number of ether oxygens (including phenoxy) is 1. The van der Waals surface area contributed by atoms with Crippen LogP contribution in [0.3, 0.4) is 0 Å². The molecule has 1 amide bonds. The Morgan fingerprint density at radius 2 is 2.14 bits per heavy atom. The molecule has 0 bridgehead atoms. The maximum absolute atomic E-state index is 12.2. The molecular formula is C17H20N2O3. The number of benzene rings is 1. The van der Waals surface area contributed by atoms with Crippen LogP contribution >= 0.6 is 0 Å². The van der Waals surface area contributed by atoms with Crippen LogP contribution in [-0.4, -0.2) is 43.6 Å². The molecule has 5 heteroatoms. The first-order valence-electron chi connectivity index (χ1n) is 7.48. The first kappa shape index (κ1) is 14.5. The molecule has 1 atom stereocenters. The Kier molecular flexibility index (Phi) is 4.04. The number of carbonyl (C=O) groups excluding carboxylic acids is 1. The van der Waals surface area contributed by atoms with Crippen LogP contribution < -0.4 is 9.64 Å². The van der Waals surface area contributed by atoms with E-state index in [1.165, 1.54) is 6.26 Å². The van der Waals surface area contributed by atoms with Gasteiger partial charge in [0.15, 0.2) is 5.76 Å². The summed E-state index contributed by atoms with van der Waals surface area (Å²) in [5, 5.41) is 0. The van der Waals surface area contributed by atoms with Crippen LogP contribution in [0.15, 0.2) is 47.1 Å². The van der Waals surface area contributed by atoms with Gasteiger partial charge in [0.25, 0.3) is 5.91 Å². The molecule has 1 aromatic carbocycles. The third kappa shape index (κ3) is 2.79. The van der Waals surface area contributed by atoms with Crippen molar-refractivity contribution in [3.05, 3.63) is 48.4 Å². The molecular weight excluding hydrogens is 280 g/mol. The molecule has 0 spiro atoms. The largest absolute Gasteiger partial charge is 0.485 e. The van der Waals surface area contributed by atoms with Crippen molar-refractivity contribution in [1.82, 2.24) is 4.90 Å². The van der Waals surface area contributed by atoms with Crippen molar-refractivity contribution in [1.29, 1.82) is 0 Å². The van der Waals surface area contributed by atoms with E-state index in [9.17, 15) is 4.79 Å². The van der Waals surface area contributed by atoms with Gasteiger partial charge in [-0.05, 0) is 31.2 Å². The Hall–Kier alpha value is -2.43. The van der Waals surface area contributed by atoms with Gasteiger partial charge in [-0.3, -0.25) is 4.79 Å². The van der Waals surface area contributed by atoms with Gasteiger partial charge in [-0.1, -0.05) is 12.1 Å². The van der Waals surface area contributed by atoms with E-state index in [1.54, 1.807) is 24.1 Å². The number of carbonyl (C=O) groups is 1. The number of amides is 1. The van der Waals surface area contributed by atoms with Crippen molar-refractivity contribution >= 4 is 11.6 Å². The molecule has 116 valence electrons. The zero-order valence-corrected chi connectivity index (χ0v) is 12.9. The SMILES string of the molecule is CCN1C[C@H](CN(C)C(=O)c2ccco2)Oc2ccccc21. The fourth-order valence-electron chi connectivity index (χ4n) is 2.75. The van der Waals surface area contributed by atoms with Crippen LogP contribution in [0.2, 0.25) is 0 Å². The molecule has 0 radical (unpaired) electrons. The summed E-state index contributed by atoms with van der Waals surface area (Å²) in [4.78, 5) is 16.2. The Bertz CT molecular complexity index is 639. The fraction of sp³-hybridized carbons (Fsp3) is 0.353. The number of fused-ring (bicyclic) bond motifs is 1. The molecule has 2 aromatic rings. The Balaban J connectivity index is 1.70. The van der Waals surface area contributed by atoms with Gasteiger partial charge in [0, 0.05) is 13.6 Å². The summed E-state index contributed by atoms with van der Waals surface area (Å²) in [5.41, 5.74) is 1.11. The third-order valence-electron chi connectivity index (χ3n) is 3.86. The highest BCUT2D eigenvalue weighted by Crippen LogP contribution is 2.32. The highest BCUT2D eigenvalue weighted by molar-refractivity contribution is 5.91. The number of hydrogen-bond donors (Lipinski definition) is 0. The first-order valence-corrected chi connectivity index (χ1v) is 7.48. The lowest BCUT2D eigenvalue weighted by Crippen LogP contribution is -2.46. The quantitative estimate of drug-likeness (QED) is 0.871. The predicted molar refractivity (Wildman–Crippen MR) is 84.4 cm³/mol. The van der Waals surface area contributed by atoms with Gasteiger partial charge in [0.1, 0.15) is 11.9 Å². The molecule has 3 rings (SSSR count). The van der Waals surface area contributed by atoms with Crippen LogP contribution in [-0.2, 0) is 0 Å². The zero-order valence-electron chi connectivity index (χ0n) is 12.9. The van der Waals surface area contributed by atoms with Crippen molar-refractivity contribution in [2.24, 2.45) is 0 Å². The summed E-state index contributed by atoms with van der Waals surface area (Å²) >= 11 is 0. The van der Waals surface area contributed by atoms with Gasteiger partial charge >= 0.3 is 0 Å². The molecule has 0 saturated heterocycles. The molecule has 0 aliphatic carbocycles. The minimum atomic E-state index is -0.129. The number of hydrogen-bond acceptors (Lipinski definition) is 4.